The minimum absolute atomic E-state index is 0.700. The Morgan fingerprint density at radius 1 is 0.556 bits per heavy atom. The lowest BCUT2D eigenvalue weighted by Crippen LogP contribution is -2.61. The fourth-order valence-corrected chi connectivity index (χ4v) is 6.73. The van der Waals surface area contributed by atoms with Crippen molar-refractivity contribution in [2.24, 2.45) is 0 Å². The van der Waals surface area contributed by atoms with Crippen molar-refractivity contribution < 1.29 is 120 Å². The van der Waals surface area contributed by atoms with E-state index in [0.29, 0.717) is 21.6 Å². The van der Waals surface area contributed by atoms with Crippen molar-refractivity contribution in [3.8, 4) is 0 Å². The fourth-order valence-electron chi connectivity index (χ4n) is 4.98. The molecule has 16 N–H and O–H groups in total. The quantitative estimate of drug-likeness (QED) is 0.0290. The predicted octanol–water partition coefficient (Wildman–Crippen LogP) is -9.33. The lowest BCUT2D eigenvalue weighted by atomic mass is 9.98. The summed E-state index contributed by atoms with van der Waals surface area (Å²) in [6, 6.07) is 0. The number of carbonyl (C=O) groups is 2. The van der Waals surface area contributed by atoms with Crippen molar-refractivity contribution in [3.05, 3.63) is 0 Å². The Labute approximate surface area is 314 Å². The molecule has 24 nitrogen and oxygen atoms in total. The highest BCUT2D eigenvalue weighted by Gasteiger charge is 2.49. The van der Waals surface area contributed by atoms with E-state index in [2.05, 4.69) is 0 Å². The smallest absolute Gasteiger partial charge is 0.338 e. The van der Waals surface area contributed by atoms with Crippen LogP contribution in [-0.2, 0) is 38.0 Å². The maximum Gasteiger partial charge on any atom is 0.338 e. The summed E-state index contributed by atoms with van der Waals surface area (Å²) in [7, 11) is 1.40. The van der Waals surface area contributed by atoms with Crippen molar-refractivity contribution >= 4 is 33.5 Å². The van der Waals surface area contributed by atoms with Crippen LogP contribution in [0.5, 0.6) is 0 Å². The van der Waals surface area contributed by atoms with E-state index in [0.717, 1.165) is 0 Å². The molecule has 54 heavy (non-hydrogen) atoms. The highest BCUT2D eigenvalue weighted by Crippen LogP contribution is 2.33. The SMILES string of the molecule is CC(OC(=O)[C@@H](O)[C@@H](O)[C@H](O[C@@H]1O[C@H](CO)[C@H](O)[C@H](O)[C@H]1O)[C@H](O)CO)SSC(C)OC(=O)[C@@H](O)[C@@H](O)[C@H](O[C@@H]1O[C@H](CO)[C@H](O)[C@H](O)[C@H]1O)[C@H](O)CO. The van der Waals surface area contributed by atoms with Gasteiger partial charge >= 0.3 is 11.9 Å². The Hall–Kier alpha value is -1.16. The zero-order chi connectivity index (χ0) is 41.2. The van der Waals surface area contributed by atoms with E-state index in [1.165, 1.54) is 13.8 Å². The van der Waals surface area contributed by atoms with Crippen LogP contribution in [0, 0.1) is 0 Å². The minimum Gasteiger partial charge on any atom is -0.449 e. The van der Waals surface area contributed by atoms with Crippen LogP contribution in [0.1, 0.15) is 13.8 Å². The van der Waals surface area contributed by atoms with Gasteiger partial charge in [0.15, 0.2) is 35.7 Å². The van der Waals surface area contributed by atoms with Gasteiger partial charge in [0.05, 0.1) is 26.4 Å². The fraction of sp³-hybridized carbons (Fsp3) is 0.929. The standard InChI is InChI=1S/C28H50O24S2/c1-7(47-25(45)19(41)17(39)23(9(33)3-29)51-27-21(43)15(37)13(35)11(5-31)49-27)53-54-8(2)48-26(46)20(42)18(40)24(10(34)4-30)52-28-22(44)16(38)14(36)12(6-32)50-28/h7-24,27-44H,3-6H2,1-2H3/t7?,8?,9-,10-,11-,12-,13+,14+,15+,16+,17-,18-,19+,20+,21-,22-,23-,24-,27+,28+/m1/s1. The van der Waals surface area contributed by atoms with Gasteiger partial charge in [-0.05, 0) is 35.4 Å². The lowest BCUT2D eigenvalue weighted by Gasteiger charge is -2.42. The molecule has 0 aromatic heterocycles. The largest absolute Gasteiger partial charge is 0.449 e. The van der Waals surface area contributed by atoms with Crippen molar-refractivity contribution in [1.29, 1.82) is 0 Å². The van der Waals surface area contributed by atoms with Crippen LogP contribution in [0.3, 0.4) is 0 Å². The molecule has 0 aliphatic carbocycles. The maximum atomic E-state index is 12.6. The van der Waals surface area contributed by atoms with Crippen molar-refractivity contribution in [1.82, 2.24) is 0 Å². The molecule has 0 aromatic rings. The second-order valence-electron chi connectivity index (χ2n) is 12.2. The number of aliphatic hydroxyl groups is 16. The number of rotatable bonds is 21. The van der Waals surface area contributed by atoms with Gasteiger partial charge in [-0.2, -0.15) is 0 Å². The predicted molar refractivity (Wildman–Crippen MR) is 174 cm³/mol. The number of ether oxygens (including phenoxy) is 6. The molecule has 0 saturated carbocycles. The Morgan fingerprint density at radius 3 is 1.15 bits per heavy atom. The minimum atomic E-state index is -2.48. The number of hydrogen-bond acceptors (Lipinski definition) is 26. The normalized spacial score (nSPS) is 34.7. The van der Waals surface area contributed by atoms with Crippen LogP contribution >= 0.6 is 21.6 Å². The lowest BCUT2D eigenvalue weighted by molar-refractivity contribution is -0.326. The molecule has 0 spiro atoms. The van der Waals surface area contributed by atoms with Gasteiger partial charge in [-0.15, -0.1) is 0 Å². The zero-order valence-corrected chi connectivity index (χ0v) is 30.2. The van der Waals surface area contributed by atoms with E-state index < -0.39 is 159 Å². The molecule has 2 rings (SSSR count). The molecule has 2 unspecified atom stereocenters. The molecule has 2 aliphatic heterocycles. The molecule has 0 bridgehead atoms. The third-order valence-corrected chi connectivity index (χ3v) is 10.9. The summed E-state index contributed by atoms with van der Waals surface area (Å²) in [5, 5.41) is 160. The van der Waals surface area contributed by atoms with Gasteiger partial charge in [0.25, 0.3) is 0 Å². The van der Waals surface area contributed by atoms with Gasteiger partial charge in [-0.1, -0.05) is 0 Å². The van der Waals surface area contributed by atoms with E-state index in [1.54, 1.807) is 0 Å². The average molecular weight is 835 g/mol. The zero-order valence-electron chi connectivity index (χ0n) is 28.6. The van der Waals surface area contributed by atoms with Crippen molar-refractivity contribution in [2.45, 2.75) is 135 Å². The first-order valence-corrected chi connectivity index (χ1v) is 18.5. The van der Waals surface area contributed by atoms with Crippen LogP contribution in [0.4, 0.5) is 0 Å². The Kier molecular flexibility index (Phi) is 20.6. The highest BCUT2D eigenvalue weighted by molar-refractivity contribution is 8.77. The van der Waals surface area contributed by atoms with E-state index in [1.807, 2.05) is 0 Å². The molecule has 0 radical (unpaired) electrons. The molecular weight excluding hydrogens is 784 g/mol. The summed E-state index contributed by atoms with van der Waals surface area (Å²) in [5.41, 5.74) is -2.38. The van der Waals surface area contributed by atoms with E-state index in [9.17, 15) is 91.3 Å². The monoisotopic (exact) mass is 834 g/mol. The first-order valence-electron chi connectivity index (χ1n) is 16.2. The van der Waals surface area contributed by atoms with Crippen molar-refractivity contribution in [2.75, 3.05) is 26.4 Å². The number of esters is 2. The number of hydrogen-bond donors (Lipinski definition) is 16. The molecule has 0 aromatic carbocycles. The van der Waals surface area contributed by atoms with E-state index >= 15 is 0 Å². The first-order chi connectivity index (χ1) is 25.2. The first kappa shape index (κ1) is 49.0. The maximum absolute atomic E-state index is 12.6. The second kappa shape index (κ2) is 22.7. The molecule has 20 atom stereocenters. The highest BCUT2D eigenvalue weighted by atomic mass is 33.1. The summed E-state index contributed by atoms with van der Waals surface area (Å²) in [4.78, 5) is 25.2. The van der Waals surface area contributed by atoms with Gasteiger partial charge < -0.3 is 110 Å². The second-order valence-corrected chi connectivity index (χ2v) is 15.0. The Balaban J connectivity index is 1.96. The van der Waals surface area contributed by atoms with Crippen LogP contribution in [0.15, 0.2) is 0 Å². The summed E-state index contributed by atoms with van der Waals surface area (Å²) in [6.07, 6.45) is -36.2. The van der Waals surface area contributed by atoms with Gasteiger partial charge in [0.1, 0.15) is 85.5 Å². The van der Waals surface area contributed by atoms with Crippen LogP contribution in [0.2, 0.25) is 0 Å². The van der Waals surface area contributed by atoms with Crippen LogP contribution < -0.4 is 0 Å². The van der Waals surface area contributed by atoms with Gasteiger partial charge in [-0.3, -0.25) is 0 Å². The molecule has 2 saturated heterocycles. The van der Waals surface area contributed by atoms with Crippen LogP contribution in [-0.4, -0.2) is 241 Å². The van der Waals surface area contributed by atoms with Crippen LogP contribution in [0.25, 0.3) is 0 Å². The van der Waals surface area contributed by atoms with E-state index in [4.69, 9.17) is 28.4 Å². The molecule has 2 heterocycles. The van der Waals surface area contributed by atoms with Gasteiger partial charge in [0.2, 0.25) is 0 Å². The summed E-state index contributed by atoms with van der Waals surface area (Å²) >= 11 is 0. The molecular formula is C28H50O24S2. The third kappa shape index (κ3) is 12.7. The number of aliphatic hydroxyl groups excluding tert-OH is 16. The Bertz CT molecular complexity index is 1040. The topological polar surface area (TPSA) is 413 Å². The third-order valence-electron chi connectivity index (χ3n) is 8.11. The van der Waals surface area contributed by atoms with Gasteiger partial charge in [-0.25, -0.2) is 9.59 Å². The van der Waals surface area contributed by atoms with Crippen molar-refractivity contribution in [3.63, 3.8) is 0 Å². The van der Waals surface area contributed by atoms with Gasteiger partial charge in [0, 0.05) is 0 Å². The molecule has 2 fully saturated rings. The molecule has 2 aliphatic rings. The molecule has 318 valence electrons. The summed E-state index contributed by atoms with van der Waals surface area (Å²) < 4.78 is 30.8. The van der Waals surface area contributed by atoms with E-state index in [-0.39, 0.29) is 0 Å². The summed E-state index contributed by atoms with van der Waals surface area (Å²) in [5.74, 6) is -3.02. The average Bonchev–Trinajstić information content (AvgIpc) is 3.15. The number of carbonyl (C=O) groups excluding carboxylic acids is 2. The molecule has 26 heteroatoms. The summed E-state index contributed by atoms with van der Waals surface area (Å²) in [6.45, 7) is -1.41. The molecule has 0 amide bonds. The Morgan fingerprint density at radius 2 is 0.870 bits per heavy atom.